The first-order valence-electron chi connectivity index (χ1n) is 6.62. The van der Waals surface area contributed by atoms with Crippen molar-refractivity contribution in [3.63, 3.8) is 0 Å². The van der Waals surface area contributed by atoms with Gasteiger partial charge in [0.2, 0.25) is 5.56 Å². The Morgan fingerprint density at radius 1 is 1.22 bits per heavy atom. The first kappa shape index (κ1) is 16.6. The van der Waals surface area contributed by atoms with Gasteiger partial charge in [-0.1, -0.05) is 11.6 Å². The predicted octanol–water partition coefficient (Wildman–Crippen LogP) is 1.18. The molecule has 0 aliphatic heterocycles. The summed E-state index contributed by atoms with van der Waals surface area (Å²) in [5, 5.41) is 0.606. The number of pyridine rings is 1. The van der Waals surface area contributed by atoms with Crippen molar-refractivity contribution < 1.29 is 14.3 Å². The molecule has 8 heteroatoms. The lowest BCUT2D eigenvalue weighted by Crippen LogP contribution is -2.43. The number of aryl methyl sites for hydroxylation is 1. The molecule has 2 amide bonds. The van der Waals surface area contributed by atoms with Crippen LogP contribution < -0.4 is 21.1 Å². The first-order chi connectivity index (χ1) is 11.0. The zero-order valence-corrected chi connectivity index (χ0v) is 12.9. The number of carbonyl (C=O) groups is 2. The van der Waals surface area contributed by atoms with Crippen LogP contribution in [0.25, 0.3) is 0 Å². The van der Waals surface area contributed by atoms with E-state index in [0.717, 1.165) is 5.56 Å². The Bertz CT molecular complexity index is 768. The fraction of sp³-hybridized carbons (Fsp3) is 0.133. The topological polar surface area (TPSA) is 100 Å². The molecule has 0 unspecified atom stereocenters. The highest BCUT2D eigenvalue weighted by atomic mass is 35.5. The fourth-order valence-electron chi connectivity index (χ4n) is 1.64. The standard InChI is InChI=1S/C15H14ClN3O4/c1-9-6-11(3-4-12(9)16)23-8-14(21)18-19-15(22)10-2-5-13(20)17-7-10/h2-7H,8H2,1H3,(H,17,20)(H,18,21)(H,19,22). The Labute approximate surface area is 136 Å². The van der Waals surface area contributed by atoms with Gasteiger partial charge in [0.25, 0.3) is 11.8 Å². The SMILES string of the molecule is Cc1cc(OCC(=O)NNC(=O)c2ccc(=O)[nH]c2)ccc1Cl. The molecule has 120 valence electrons. The lowest BCUT2D eigenvalue weighted by Gasteiger charge is -2.09. The molecule has 1 aromatic carbocycles. The highest BCUT2D eigenvalue weighted by molar-refractivity contribution is 6.31. The minimum absolute atomic E-state index is 0.208. The van der Waals surface area contributed by atoms with Crippen molar-refractivity contribution in [2.75, 3.05) is 6.61 Å². The molecule has 3 N–H and O–H groups in total. The van der Waals surface area contributed by atoms with Gasteiger partial charge < -0.3 is 9.72 Å². The summed E-state index contributed by atoms with van der Waals surface area (Å²) in [5.74, 6) is -0.596. The number of rotatable bonds is 4. The van der Waals surface area contributed by atoms with Crippen LogP contribution in [-0.2, 0) is 4.79 Å². The Kier molecular flexibility index (Phi) is 5.37. The number of carbonyl (C=O) groups excluding carboxylic acids is 2. The minimum Gasteiger partial charge on any atom is -0.484 e. The van der Waals surface area contributed by atoms with Crippen LogP contribution in [0.15, 0.2) is 41.3 Å². The third kappa shape index (κ3) is 4.86. The average Bonchev–Trinajstić information content (AvgIpc) is 2.54. The van der Waals surface area contributed by atoms with Gasteiger partial charge in [0.05, 0.1) is 5.56 Å². The van der Waals surface area contributed by atoms with Crippen molar-refractivity contribution in [1.82, 2.24) is 15.8 Å². The van der Waals surface area contributed by atoms with Crippen LogP contribution in [0.3, 0.4) is 0 Å². The smallest absolute Gasteiger partial charge is 0.276 e. The molecule has 0 fully saturated rings. The number of hydrogen-bond donors (Lipinski definition) is 3. The fourth-order valence-corrected chi connectivity index (χ4v) is 1.76. The lowest BCUT2D eigenvalue weighted by molar-refractivity contribution is -0.123. The van der Waals surface area contributed by atoms with Crippen LogP contribution in [0.4, 0.5) is 0 Å². The van der Waals surface area contributed by atoms with Gasteiger partial charge in [0, 0.05) is 17.3 Å². The van der Waals surface area contributed by atoms with Gasteiger partial charge in [-0.2, -0.15) is 0 Å². The van der Waals surface area contributed by atoms with E-state index in [2.05, 4.69) is 15.8 Å². The Morgan fingerprint density at radius 2 is 2.00 bits per heavy atom. The van der Waals surface area contributed by atoms with Gasteiger partial charge in [0.15, 0.2) is 6.61 Å². The average molecular weight is 336 g/mol. The number of hydrazine groups is 1. The Balaban J connectivity index is 1.80. The lowest BCUT2D eigenvalue weighted by atomic mass is 10.2. The van der Waals surface area contributed by atoms with Gasteiger partial charge in [-0.15, -0.1) is 0 Å². The number of hydrogen-bond acceptors (Lipinski definition) is 4. The van der Waals surface area contributed by atoms with E-state index < -0.39 is 11.8 Å². The number of aromatic nitrogens is 1. The van der Waals surface area contributed by atoms with Gasteiger partial charge in [0.1, 0.15) is 5.75 Å². The van der Waals surface area contributed by atoms with Gasteiger partial charge >= 0.3 is 0 Å². The predicted molar refractivity (Wildman–Crippen MR) is 84.4 cm³/mol. The summed E-state index contributed by atoms with van der Waals surface area (Å²) >= 11 is 5.89. The summed E-state index contributed by atoms with van der Waals surface area (Å²) in [7, 11) is 0. The van der Waals surface area contributed by atoms with Crippen LogP contribution in [-0.4, -0.2) is 23.4 Å². The Hall–Kier alpha value is -2.80. The normalized spacial score (nSPS) is 10.0. The van der Waals surface area contributed by atoms with Gasteiger partial charge in [-0.25, -0.2) is 0 Å². The molecule has 0 radical (unpaired) electrons. The third-order valence-electron chi connectivity index (χ3n) is 2.86. The largest absolute Gasteiger partial charge is 0.484 e. The molecule has 2 rings (SSSR count). The molecule has 2 aromatic rings. The van der Waals surface area contributed by atoms with Crippen molar-refractivity contribution in [3.05, 3.63) is 63.0 Å². The van der Waals surface area contributed by atoms with E-state index in [4.69, 9.17) is 16.3 Å². The molecule has 0 saturated heterocycles. The van der Waals surface area contributed by atoms with E-state index in [1.807, 2.05) is 6.92 Å². The number of halogens is 1. The van der Waals surface area contributed by atoms with Crippen LogP contribution in [0.2, 0.25) is 5.02 Å². The molecule has 0 bridgehead atoms. The van der Waals surface area contributed by atoms with Gasteiger partial charge in [-0.3, -0.25) is 25.2 Å². The van der Waals surface area contributed by atoms with E-state index in [9.17, 15) is 14.4 Å². The molecular formula is C15H14ClN3O4. The molecule has 1 aromatic heterocycles. The first-order valence-corrected chi connectivity index (χ1v) is 7.00. The molecule has 0 atom stereocenters. The summed E-state index contributed by atoms with van der Waals surface area (Å²) in [6, 6.07) is 7.56. The summed E-state index contributed by atoms with van der Waals surface area (Å²) in [4.78, 5) is 36.6. The second kappa shape index (κ2) is 7.46. The number of nitrogens with one attached hydrogen (secondary N) is 3. The number of H-pyrrole nitrogens is 1. The van der Waals surface area contributed by atoms with Crippen LogP contribution >= 0.6 is 11.6 Å². The van der Waals surface area contributed by atoms with Crippen LogP contribution in [0.5, 0.6) is 5.75 Å². The summed E-state index contributed by atoms with van der Waals surface area (Å²) in [6.07, 6.45) is 1.25. The van der Waals surface area contributed by atoms with E-state index in [-0.39, 0.29) is 17.7 Å². The summed E-state index contributed by atoms with van der Waals surface area (Å²) < 4.78 is 5.29. The van der Waals surface area contributed by atoms with Gasteiger partial charge in [-0.05, 0) is 36.8 Å². The van der Waals surface area contributed by atoms with Crippen LogP contribution in [0.1, 0.15) is 15.9 Å². The molecule has 0 aliphatic rings. The zero-order valence-electron chi connectivity index (χ0n) is 12.2. The maximum atomic E-state index is 11.7. The van der Waals surface area contributed by atoms with Crippen LogP contribution in [0, 0.1) is 6.92 Å². The highest BCUT2D eigenvalue weighted by Crippen LogP contribution is 2.20. The zero-order chi connectivity index (χ0) is 16.8. The second-order valence-electron chi connectivity index (χ2n) is 4.64. The quantitative estimate of drug-likeness (QED) is 0.730. The summed E-state index contributed by atoms with van der Waals surface area (Å²) in [6.45, 7) is 1.55. The number of amides is 2. The molecule has 1 heterocycles. The van der Waals surface area contributed by atoms with Crippen molar-refractivity contribution in [1.29, 1.82) is 0 Å². The molecule has 7 nitrogen and oxygen atoms in total. The molecule has 0 saturated carbocycles. The summed E-state index contributed by atoms with van der Waals surface area (Å²) in [5.41, 5.74) is 5.14. The minimum atomic E-state index is -0.558. The van der Waals surface area contributed by atoms with Crippen molar-refractivity contribution in [2.45, 2.75) is 6.92 Å². The second-order valence-corrected chi connectivity index (χ2v) is 5.05. The number of ether oxygens (including phenoxy) is 1. The van der Waals surface area contributed by atoms with Crippen molar-refractivity contribution >= 4 is 23.4 Å². The van der Waals surface area contributed by atoms with E-state index >= 15 is 0 Å². The van der Waals surface area contributed by atoms with Crippen molar-refractivity contribution in [2.24, 2.45) is 0 Å². The molecular weight excluding hydrogens is 322 g/mol. The molecule has 23 heavy (non-hydrogen) atoms. The molecule has 0 aliphatic carbocycles. The van der Waals surface area contributed by atoms with Crippen molar-refractivity contribution in [3.8, 4) is 5.75 Å². The monoisotopic (exact) mass is 335 g/mol. The maximum absolute atomic E-state index is 11.7. The highest BCUT2D eigenvalue weighted by Gasteiger charge is 2.08. The number of benzene rings is 1. The Morgan fingerprint density at radius 3 is 2.65 bits per heavy atom. The third-order valence-corrected chi connectivity index (χ3v) is 3.29. The van der Waals surface area contributed by atoms with E-state index in [1.165, 1.54) is 18.3 Å². The maximum Gasteiger partial charge on any atom is 0.276 e. The van der Waals surface area contributed by atoms with E-state index in [0.29, 0.717) is 10.8 Å². The number of aromatic amines is 1. The molecule has 0 spiro atoms. The van der Waals surface area contributed by atoms with E-state index in [1.54, 1.807) is 18.2 Å².